The SMILES string of the molecule is CC(C)(C)c1ccc(N(c2ccc(-c3cccnc3)cc2)c2cc(-c3ccc4cnccc4c3)cc(N(c3ccccc3)c3cnc4ccccc4c3)c2-c2cncc3ccccc23)cc1. The van der Waals surface area contributed by atoms with E-state index in [1.165, 1.54) is 5.56 Å². The lowest BCUT2D eigenvalue weighted by atomic mass is 9.87. The fourth-order valence-corrected chi connectivity index (χ4v) is 9.05. The van der Waals surface area contributed by atoms with Crippen LogP contribution < -0.4 is 9.80 Å². The molecule has 0 aliphatic rings. The zero-order chi connectivity index (χ0) is 44.6. The number of benzene rings is 7. The van der Waals surface area contributed by atoms with E-state index in [2.05, 4.69) is 210 Å². The van der Waals surface area contributed by atoms with E-state index in [-0.39, 0.29) is 5.41 Å². The van der Waals surface area contributed by atoms with Gasteiger partial charge in [-0.1, -0.05) is 124 Å². The fraction of sp³-hybridized carbons (Fsp3) is 0.0667. The lowest BCUT2D eigenvalue weighted by Gasteiger charge is -2.34. The van der Waals surface area contributed by atoms with E-state index in [1.807, 2.05) is 55.5 Å². The summed E-state index contributed by atoms with van der Waals surface area (Å²) in [6, 6.07) is 65.2. The van der Waals surface area contributed by atoms with Gasteiger partial charge in [0.05, 0.1) is 28.8 Å². The van der Waals surface area contributed by atoms with Gasteiger partial charge in [-0.05, 0) is 123 Å². The maximum absolute atomic E-state index is 5.06. The average Bonchev–Trinajstić information content (AvgIpc) is 3.37. The van der Waals surface area contributed by atoms with Gasteiger partial charge in [0.15, 0.2) is 0 Å². The first-order chi connectivity index (χ1) is 32.4. The summed E-state index contributed by atoms with van der Waals surface area (Å²) in [5.74, 6) is 0. The highest BCUT2D eigenvalue weighted by Crippen LogP contribution is 2.52. The van der Waals surface area contributed by atoms with Crippen molar-refractivity contribution >= 4 is 66.6 Å². The number of hydrogen-bond donors (Lipinski definition) is 0. The Hall–Kier alpha value is -8.48. The van der Waals surface area contributed by atoms with Crippen LogP contribution in [0.3, 0.4) is 0 Å². The second kappa shape index (κ2) is 16.9. The minimum Gasteiger partial charge on any atom is -0.310 e. The molecule has 0 aliphatic carbocycles. The summed E-state index contributed by atoms with van der Waals surface area (Å²) >= 11 is 0. The van der Waals surface area contributed by atoms with Crippen molar-refractivity contribution in [2.45, 2.75) is 26.2 Å². The lowest BCUT2D eigenvalue weighted by molar-refractivity contribution is 0.590. The molecule has 0 atom stereocenters. The lowest BCUT2D eigenvalue weighted by Crippen LogP contribution is -2.17. The van der Waals surface area contributed by atoms with Crippen molar-refractivity contribution in [1.29, 1.82) is 0 Å². The highest BCUT2D eigenvalue weighted by Gasteiger charge is 2.28. The molecule has 0 amide bonds. The third-order valence-electron chi connectivity index (χ3n) is 12.5. The Morgan fingerprint density at radius 2 is 1.03 bits per heavy atom. The van der Waals surface area contributed by atoms with Crippen LogP contribution in [0.1, 0.15) is 26.3 Å². The number of para-hydroxylation sites is 2. The predicted octanol–water partition coefficient (Wildman–Crippen LogP) is 16.0. The molecule has 0 saturated carbocycles. The van der Waals surface area contributed by atoms with Gasteiger partial charge in [-0.2, -0.15) is 0 Å². The van der Waals surface area contributed by atoms with Crippen molar-refractivity contribution in [3.8, 4) is 33.4 Å². The van der Waals surface area contributed by atoms with Crippen LogP contribution in [0, 0.1) is 0 Å². The number of pyridine rings is 4. The monoisotopic (exact) mass is 850 g/mol. The quantitative estimate of drug-likeness (QED) is 0.144. The Labute approximate surface area is 385 Å². The van der Waals surface area contributed by atoms with Crippen molar-refractivity contribution in [2.24, 2.45) is 0 Å². The van der Waals surface area contributed by atoms with E-state index in [1.54, 1.807) is 0 Å². The molecule has 0 unspecified atom stereocenters. The van der Waals surface area contributed by atoms with Crippen LogP contribution >= 0.6 is 0 Å². The zero-order valence-corrected chi connectivity index (χ0v) is 37.0. The summed E-state index contributed by atoms with van der Waals surface area (Å²) in [5, 5.41) is 5.41. The minimum absolute atomic E-state index is 0.0305. The summed E-state index contributed by atoms with van der Waals surface area (Å²) in [6.45, 7) is 6.78. The molecule has 4 aromatic heterocycles. The molecule has 0 N–H and O–H groups in total. The van der Waals surface area contributed by atoms with Crippen LogP contribution in [0.15, 0.2) is 225 Å². The number of rotatable bonds is 9. The van der Waals surface area contributed by atoms with Gasteiger partial charge in [0.25, 0.3) is 0 Å². The van der Waals surface area contributed by atoms with Crippen molar-refractivity contribution in [2.75, 3.05) is 9.80 Å². The van der Waals surface area contributed by atoms with Crippen LogP contribution in [0.25, 0.3) is 65.8 Å². The van der Waals surface area contributed by atoms with Gasteiger partial charge in [-0.15, -0.1) is 0 Å². The van der Waals surface area contributed by atoms with E-state index < -0.39 is 0 Å². The second-order valence-electron chi connectivity index (χ2n) is 17.7. The molecule has 7 aromatic carbocycles. The highest BCUT2D eigenvalue weighted by molar-refractivity contribution is 6.08. The zero-order valence-electron chi connectivity index (χ0n) is 37.0. The first kappa shape index (κ1) is 40.3. The normalized spacial score (nSPS) is 11.6. The molecule has 0 fully saturated rings. The van der Waals surface area contributed by atoms with Crippen LogP contribution in [0.4, 0.5) is 34.1 Å². The largest absolute Gasteiger partial charge is 0.310 e. The van der Waals surface area contributed by atoms with Crippen LogP contribution in [-0.2, 0) is 5.41 Å². The van der Waals surface area contributed by atoms with Gasteiger partial charge in [0.2, 0.25) is 0 Å². The van der Waals surface area contributed by atoms with E-state index >= 15 is 0 Å². The maximum atomic E-state index is 5.06. The number of hydrogen-bond acceptors (Lipinski definition) is 6. The molecule has 66 heavy (non-hydrogen) atoms. The molecule has 6 heteroatoms. The van der Waals surface area contributed by atoms with Gasteiger partial charge in [-0.3, -0.25) is 19.9 Å². The van der Waals surface area contributed by atoms with E-state index in [0.717, 1.165) is 100.0 Å². The van der Waals surface area contributed by atoms with Gasteiger partial charge >= 0.3 is 0 Å². The fourth-order valence-electron chi connectivity index (χ4n) is 9.05. The third kappa shape index (κ3) is 7.69. The molecule has 6 nitrogen and oxygen atoms in total. The Balaban J connectivity index is 1.28. The number of nitrogens with zero attached hydrogens (tertiary/aromatic N) is 6. The second-order valence-corrected chi connectivity index (χ2v) is 17.7. The predicted molar refractivity (Wildman–Crippen MR) is 275 cm³/mol. The van der Waals surface area contributed by atoms with Crippen molar-refractivity contribution in [3.05, 3.63) is 231 Å². The molecule has 11 rings (SSSR count). The molecule has 0 spiro atoms. The Bertz CT molecular complexity index is 3500. The van der Waals surface area contributed by atoms with Gasteiger partial charge < -0.3 is 9.80 Å². The maximum Gasteiger partial charge on any atom is 0.0703 e. The van der Waals surface area contributed by atoms with E-state index in [0.29, 0.717) is 0 Å². The molecular formula is C60H46N6. The molecular weight excluding hydrogens is 805 g/mol. The molecule has 11 aromatic rings. The summed E-state index contributed by atoms with van der Waals surface area (Å²) in [7, 11) is 0. The topological polar surface area (TPSA) is 58.0 Å². The van der Waals surface area contributed by atoms with Gasteiger partial charge in [-0.25, -0.2) is 0 Å². The van der Waals surface area contributed by atoms with Crippen molar-refractivity contribution < 1.29 is 0 Å². The van der Waals surface area contributed by atoms with Crippen molar-refractivity contribution in [1.82, 2.24) is 19.9 Å². The molecule has 4 heterocycles. The van der Waals surface area contributed by atoms with Gasteiger partial charge in [0, 0.05) is 81.5 Å². The first-order valence-corrected chi connectivity index (χ1v) is 22.3. The molecule has 316 valence electrons. The highest BCUT2D eigenvalue weighted by atomic mass is 15.2. The first-order valence-electron chi connectivity index (χ1n) is 22.3. The van der Waals surface area contributed by atoms with Crippen molar-refractivity contribution in [3.63, 3.8) is 0 Å². The Kier molecular flexibility index (Phi) is 10.3. The summed E-state index contributed by atoms with van der Waals surface area (Å²) in [6.07, 6.45) is 13.5. The smallest absolute Gasteiger partial charge is 0.0703 e. The molecule has 0 radical (unpaired) electrons. The summed E-state index contributed by atoms with van der Waals surface area (Å²) < 4.78 is 0. The van der Waals surface area contributed by atoms with E-state index in [4.69, 9.17) is 9.97 Å². The van der Waals surface area contributed by atoms with Crippen LogP contribution in [0.5, 0.6) is 0 Å². The minimum atomic E-state index is -0.0305. The summed E-state index contributed by atoms with van der Waals surface area (Å²) in [5.41, 5.74) is 14.4. The summed E-state index contributed by atoms with van der Waals surface area (Å²) in [4.78, 5) is 23.7. The van der Waals surface area contributed by atoms with Crippen LogP contribution in [-0.4, -0.2) is 19.9 Å². The molecule has 0 bridgehead atoms. The average molecular weight is 851 g/mol. The molecule has 0 aliphatic heterocycles. The standard InChI is InChI=1S/C60H46N6/c1-60(2,3)49-23-27-52(28-24-49)65(51-25-21-41(22-26-51)45-14-11-30-61-36-45)57-34-48(42-19-20-46-37-62-31-29-43(46)32-42)35-58(59(57)55-40-63-38-47-13-7-9-17-54(47)55)66(50-15-5-4-6-16-50)53-33-44-12-8-10-18-56(44)64-39-53/h4-40H,1-3H3. The Morgan fingerprint density at radius 1 is 0.379 bits per heavy atom. The van der Waals surface area contributed by atoms with Crippen LogP contribution in [0.2, 0.25) is 0 Å². The van der Waals surface area contributed by atoms with E-state index in [9.17, 15) is 0 Å². The molecule has 0 saturated heterocycles. The number of fused-ring (bicyclic) bond motifs is 3. The van der Waals surface area contributed by atoms with Gasteiger partial charge in [0.1, 0.15) is 0 Å². The third-order valence-corrected chi connectivity index (χ3v) is 12.5. The number of anilines is 6. The number of aromatic nitrogens is 4. The Morgan fingerprint density at radius 3 is 1.79 bits per heavy atom.